The number of carbonyl (C=O) groups is 2. The summed E-state index contributed by atoms with van der Waals surface area (Å²) < 4.78 is 67.2. The first-order chi connectivity index (χ1) is 24.6. The van der Waals surface area contributed by atoms with Crippen molar-refractivity contribution >= 4 is 77.2 Å². The molecule has 1 aliphatic rings. The Labute approximate surface area is 292 Å². The average molecular weight is 745 g/mol. The van der Waals surface area contributed by atoms with Gasteiger partial charge in [-0.2, -0.15) is 26.9 Å². The lowest BCUT2D eigenvalue weighted by Gasteiger charge is -2.10. The molecule has 0 atom stereocenters. The number of carboxylic acid groups (broad SMARTS) is 1. The number of aromatic amines is 2. The molecule has 0 radical (unpaired) electrons. The molecule has 0 unspecified atom stereocenters. The number of anilines is 3. The van der Waals surface area contributed by atoms with Gasteiger partial charge in [-0.1, -0.05) is 18.2 Å². The number of nitrogens with one attached hydrogen (secondary N) is 4. The van der Waals surface area contributed by atoms with Crippen molar-refractivity contribution in [1.82, 2.24) is 15.0 Å². The summed E-state index contributed by atoms with van der Waals surface area (Å²) in [5, 5.41) is 26.8. The van der Waals surface area contributed by atoms with E-state index in [-0.39, 0.29) is 39.4 Å². The van der Waals surface area contributed by atoms with Crippen LogP contribution in [0.25, 0.3) is 10.8 Å². The van der Waals surface area contributed by atoms with Crippen LogP contribution in [0.4, 0.5) is 28.7 Å². The standard InChI is InChI=1S/C32H24N8O10S2/c41-26-11-10-21(14-24(26)29(43)44)40-39-20-8-6-19(7-9-20)34-31-36-30(33-18-4-2-1-3-5-18)37-32(38-31)35-25-15-22(51(45,46)47)12-17-13-23(52(48,49)50)16-27(42)28(17)25/h1-16,39,42H,(H,43,44)(H,45,46,47)(H,48,49,50)(H3,33,34,35,36,37,38)/b40-21+. The van der Waals surface area contributed by atoms with Crippen molar-refractivity contribution in [2.24, 2.45) is 15.1 Å². The normalized spacial score (nSPS) is 14.8. The Kier molecular flexibility index (Phi) is 9.37. The molecule has 6 rings (SSSR count). The Hall–Kier alpha value is -6.74. The number of hydrazone groups is 1. The van der Waals surface area contributed by atoms with E-state index in [4.69, 9.17) is 0 Å². The molecule has 1 heterocycles. The summed E-state index contributed by atoms with van der Waals surface area (Å²) in [6, 6.07) is 18.8. The molecule has 8 N–H and O–H groups in total. The summed E-state index contributed by atoms with van der Waals surface area (Å²) in [7, 11) is -9.68. The number of hydrogen-bond donors (Lipinski definition) is 8. The second-order valence-electron chi connectivity index (χ2n) is 10.8. The van der Waals surface area contributed by atoms with Gasteiger partial charge in [-0.15, -0.1) is 0 Å². The number of phenolic OH excluding ortho intramolecular Hbond substituents is 1. The first kappa shape index (κ1) is 35.1. The summed E-state index contributed by atoms with van der Waals surface area (Å²) in [5.74, 6) is -2.61. The van der Waals surface area contributed by atoms with Crippen LogP contribution in [-0.4, -0.2) is 68.6 Å². The summed E-state index contributed by atoms with van der Waals surface area (Å²) in [6.45, 7) is 0. The maximum atomic E-state index is 12.1. The van der Waals surface area contributed by atoms with E-state index < -0.39 is 53.1 Å². The van der Waals surface area contributed by atoms with Gasteiger partial charge >= 0.3 is 5.97 Å². The first-order valence-corrected chi connectivity index (χ1v) is 17.5. The van der Waals surface area contributed by atoms with Crippen molar-refractivity contribution in [1.29, 1.82) is 0 Å². The van der Waals surface area contributed by atoms with Gasteiger partial charge in [0.05, 0.1) is 32.6 Å². The summed E-state index contributed by atoms with van der Waals surface area (Å²) in [4.78, 5) is 40.6. The van der Waals surface area contributed by atoms with E-state index in [0.29, 0.717) is 17.1 Å². The Morgan fingerprint density at radius 3 is 2.12 bits per heavy atom. The van der Waals surface area contributed by atoms with Crippen LogP contribution in [0.5, 0.6) is 5.75 Å². The predicted molar refractivity (Wildman–Crippen MR) is 186 cm³/mol. The van der Waals surface area contributed by atoms with Gasteiger partial charge in [0.1, 0.15) is 11.3 Å². The number of nitrogens with zero attached hydrogens (tertiary/aromatic N) is 4. The molecule has 0 bridgehead atoms. The number of rotatable bonds is 9. The van der Waals surface area contributed by atoms with Crippen molar-refractivity contribution in [3.05, 3.63) is 114 Å². The SMILES string of the molecule is O=C(O)C1=C/C(=N/Nc2ccc(Nc3nc(=Nc4ccccc4)[nH]c(=Nc4cc(S(=O)(=O)O)cc5cc(S(=O)(=O)O)cc(O)c45)[nH]3)cc2)C=CC1=O. The van der Waals surface area contributed by atoms with Gasteiger partial charge in [0.15, 0.2) is 5.78 Å². The van der Waals surface area contributed by atoms with Crippen LogP contribution >= 0.6 is 0 Å². The van der Waals surface area contributed by atoms with Crippen molar-refractivity contribution < 1.29 is 45.7 Å². The lowest BCUT2D eigenvalue weighted by atomic mass is 10.0. The molecule has 0 spiro atoms. The van der Waals surface area contributed by atoms with E-state index in [1.54, 1.807) is 54.6 Å². The van der Waals surface area contributed by atoms with E-state index in [9.17, 15) is 45.7 Å². The van der Waals surface area contributed by atoms with Crippen LogP contribution in [0.2, 0.25) is 0 Å². The fraction of sp³-hybridized carbons (Fsp3) is 0. The highest BCUT2D eigenvalue weighted by Crippen LogP contribution is 2.37. The fourth-order valence-electron chi connectivity index (χ4n) is 4.78. The molecule has 264 valence electrons. The fourth-order valence-corrected chi connectivity index (χ4v) is 5.85. The highest BCUT2D eigenvalue weighted by atomic mass is 32.2. The topological polar surface area (TPSA) is 289 Å². The van der Waals surface area contributed by atoms with Crippen molar-refractivity contribution in [3.8, 4) is 5.75 Å². The molecule has 52 heavy (non-hydrogen) atoms. The highest BCUT2D eigenvalue weighted by Gasteiger charge is 2.20. The van der Waals surface area contributed by atoms with Crippen molar-refractivity contribution in [3.63, 3.8) is 0 Å². The minimum absolute atomic E-state index is 0.0150. The van der Waals surface area contributed by atoms with E-state index in [2.05, 4.69) is 40.8 Å². The number of ketones is 1. The quantitative estimate of drug-likeness (QED) is 0.0466. The average Bonchev–Trinajstić information content (AvgIpc) is 3.07. The van der Waals surface area contributed by atoms with Crippen LogP contribution in [0.15, 0.2) is 128 Å². The number of phenols is 1. The van der Waals surface area contributed by atoms with Crippen LogP contribution in [0.3, 0.4) is 0 Å². The third-order valence-electron chi connectivity index (χ3n) is 7.11. The minimum Gasteiger partial charge on any atom is -0.507 e. The number of carbonyl (C=O) groups excluding carboxylic acids is 1. The maximum absolute atomic E-state index is 12.1. The second kappa shape index (κ2) is 13.9. The molecule has 5 aromatic rings. The molecule has 18 nitrogen and oxygen atoms in total. The van der Waals surface area contributed by atoms with Gasteiger partial charge in [-0.25, -0.2) is 14.8 Å². The van der Waals surface area contributed by atoms with Gasteiger partial charge in [0.25, 0.3) is 20.2 Å². The number of H-pyrrole nitrogens is 2. The largest absolute Gasteiger partial charge is 0.507 e. The predicted octanol–water partition coefficient (Wildman–Crippen LogP) is 3.22. The van der Waals surface area contributed by atoms with E-state index >= 15 is 0 Å². The second-order valence-corrected chi connectivity index (χ2v) is 13.6. The maximum Gasteiger partial charge on any atom is 0.339 e. The summed E-state index contributed by atoms with van der Waals surface area (Å²) in [6.07, 6.45) is 3.61. The van der Waals surface area contributed by atoms with Gasteiger partial charge < -0.3 is 15.5 Å². The third-order valence-corrected chi connectivity index (χ3v) is 8.78. The monoisotopic (exact) mass is 744 g/mol. The van der Waals surface area contributed by atoms with Crippen LogP contribution < -0.4 is 22.0 Å². The number of benzene rings is 4. The van der Waals surface area contributed by atoms with Gasteiger partial charge in [0, 0.05) is 17.1 Å². The smallest absolute Gasteiger partial charge is 0.339 e. The zero-order valence-electron chi connectivity index (χ0n) is 26.1. The molecule has 0 amide bonds. The molecule has 0 saturated heterocycles. The Bertz CT molecular complexity index is 2730. The number of carboxylic acids is 1. The molecule has 1 aromatic heterocycles. The number of hydrogen-bond acceptors (Lipinski definition) is 13. The van der Waals surface area contributed by atoms with E-state index in [1.807, 2.05) is 0 Å². The van der Waals surface area contributed by atoms with Crippen LogP contribution in [0, 0.1) is 0 Å². The minimum atomic E-state index is -4.86. The third kappa shape index (κ3) is 8.17. The Balaban J connectivity index is 1.41. The van der Waals surface area contributed by atoms with Gasteiger partial charge in [-0.3, -0.25) is 29.3 Å². The molecule has 0 aliphatic heterocycles. The molecule has 0 fully saturated rings. The number of aromatic nitrogens is 3. The lowest BCUT2D eigenvalue weighted by molar-refractivity contribution is -0.134. The van der Waals surface area contributed by atoms with Gasteiger partial charge in [-0.05, 0) is 78.2 Å². The molecule has 1 aliphatic carbocycles. The lowest BCUT2D eigenvalue weighted by Crippen LogP contribution is -2.28. The van der Waals surface area contributed by atoms with E-state index in [1.165, 1.54) is 6.08 Å². The number of aromatic hydroxyl groups is 1. The molecular weight excluding hydrogens is 721 g/mol. The number of aliphatic carboxylic acids is 1. The zero-order valence-corrected chi connectivity index (χ0v) is 27.7. The molecule has 0 saturated carbocycles. The molecule has 20 heteroatoms. The zero-order chi connectivity index (χ0) is 37.2. The summed E-state index contributed by atoms with van der Waals surface area (Å²) in [5.41, 5.74) is 3.75. The molecule has 4 aromatic carbocycles. The molecular formula is C32H24N8O10S2. The van der Waals surface area contributed by atoms with Crippen molar-refractivity contribution in [2.75, 3.05) is 10.7 Å². The Morgan fingerprint density at radius 2 is 1.46 bits per heavy atom. The van der Waals surface area contributed by atoms with Crippen LogP contribution in [-0.2, 0) is 29.8 Å². The number of allylic oxidation sites excluding steroid dienone is 3. The Morgan fingerprint density at radius 1 is 0.808 bits per heavy atom. The first-order valence-electron chi connectivity index (χ1n) is 14.6. The summed E-state index contributed by atoms with van der Waals surface area (Å²) >= 11 is 0. The number of fused-ring (bicyclic) bond motifs is 1. The number of para-hydroxylation sites is 1. The highest BCUT2D eigenvalue weighted by molar-refractivity contribution is 7.86. The van der Waals surface area contributed by atoms with Crippen molar-refractivity contribution in [2.45, 2.75) is 9.79 Å². The van der Waals surface area contributed by atoms with Crippen LogP contribution in [0.1, 0.15) is 0 Å². The van der Waals surface area contributed by atoms with Gasteiger partial charge in [0.2, 0.25) is 17.2 Å². The van der Waals surface area contributed by atoms with E-state index in [0.717, 1.165) is 36.4 Å².